The number of nitrogens with zero attached hydrogens (tertiary/aromatic N) is 1. The number of hydrogen-bond acceptors (Lipinski definition) is 2. The van der Waals surface area contributed by atoms with Gasteiger partial charge in [-0.05, 0) is 29.9 Å². The molecule has 0 saturated carbocycles. The zero-order chi connectivity index (χ0) is 11.4. The Hall–Kier alpha value is -1.41. The molecule has 2 N–H and O–H groups in total. The molecule has 0 aliphatic heterocycles. The summed E-state index contributed by atoms with van der Waals surface area (Å²) in [7, 11) is 0. The molecule has 0 aliphatic carbocycles. The zero-order valence-corrected chi connectivity index (χ0v) is 9.74. The van der Waals surface area contributed by atoms with E-state index in [0.717, 1.165) is 12.1 Å². The number of aryl methyl sites for hydroxylation is 1. The molecule has 2 aromatic rings. The molecule has 0 aliphatic rings. The molecule has 1 heterocycles. The average Bonchev–Trinajstić information content (AvgIpc) is 2.35. The lowest BCUT2D eigenvalue weighted by molar-refractivity contribution is 0.796. The van der Waals surface area contributed by atoms with E-state index >= 15 is 0 Å². The minimum absolute atomic E-state index is 0.506. The van der Waals surface area contributed by atoms with Crippen molar-refractivity contribution in [2.75, 3.05) is 0 Å². The van der Waals surface area contributed by atoms with Crippen LogP contribution in [0.3, 0.4) is 0 Å². The minimum atomic E-state index is 0.506. The van der Waals surface area contributed by atoms with Gasteiger partial charge in [0.15, 0.2) is 0 Å². The molecule has 2 rings (SSSR count). The summed E-state index contributed by atoms with van der Waals surface area (Å²) in [5, 5.41) is 2.44. The van der Waals surface area contributed by atoms with Crippen molar-refractivity contribution >= 4 is 10.8 Å². The number of hydrogen-bond donors (Lipinski definition) is 1. The smallest absolute Gasteiger partial charge is 0.0617 e. The van der Waals surface area contributed by atoms with Crippen LogP contribution in [0, 0.1) is 0 Å². The first-order chi connectivity index (χ1) is 7.85. The quantitative estimate of drug-likeness (QED) is 0.849. The highest BCUT2D eigenvalue weighted by atomic mass is 14.7. The number of benzene rings is 1. The monoisotopic (exact) mass is 214 g/mol. The topological polar surface area (TPSA) is 38.9 Å². The standard InChI is InChI=1S/C14H18N2/c1-2-3-4-11-5-6-13-12(9-11)7-8-16-14(13)10-15/h5-9H,2-4,10,15H2,1H3. The summed E-state index contributed by atoms with van der Waals surface area (Å²) in [6.45, 7) is 2.73. The maximum absolute atomic E-state index is 5.67. The van der Waals surface area contributed by atoms with Gasteiger partial charge in [-0.15, -0.1) is 0 Å². The van der Waals surface area contributed by atoms with Gasteiger partial charge in [-0.2, -0.15) is 0 Å². The molecule has 1 aromatic heterocycles. The van der Waals surface area contributed by atoms with Crippen LogP contribution in [0.4, 0.5) is 0 Å². The fourth-order valence-electron chi connectivity index (χ4n) is 1.99. The molecular formula is C14H18N2. The molecule has 2 heteroatoms. The molecule has 0 fully saturated rings. The van der Waals surface area contributed by atoms with E-state index in [-0.39, 0.29) is 0 Å². The number of rotatable bonds is 4. The summed E-state index contributed by atoms with van der Waals surface area (Å²) in [4.78, 5) is 4.29. The fraction of sp³-hybridized carbons (Fsp3) is 0.357. The Balaban J connectivity index is 2.39. The predicted octanol–water partition coefficient (Wildman–Crippen LogP) is 3.04. The van der Waals surface area contributed by atoms with Gasteiger partial charge >= 0.3 is 0 Å². The largest absolute Gasteiger partial charge is 0.325 e. The normalized spacial score (nSPS) is 10.9. The molecule has 0 unspecified atom stereocenters. The van der Waals surface area contributed by atoms with E-state index in [1.54, 1.807) is 0 Å². The highest BCUT2D eigenvalue weighted by molar-refractivity contribution is 5.85. The van der Waals surface area contributed by atoms with Crippen LogP contribution in [0.5, 0.6) is 0 Å². The number of unbranched alkanes of at least 4 members (excludes halogenated alkanes) is 1. The Kier molecular flexibility index (Phi) is 3.52. The van der Waals surface area contributed by atoms with Gasteiger partial charge in [-0.25, -0.2) is 0 Å². The van der Waals surface area contributed by atoms with Crippen LogP contribution in [0.15, 0.2) is 30.5 Å². The molecule has 0 radical (unpaired) electrons. The number of aromatic nitrogens is 1. The Bertz CT molecular complexity index is 477. The summed E-state index contributed by atoms with van der Waals surface area (Å²) in [6.07, 6.45) is 5.49. The summed E-state index contributed by atoms with van der Waals surface area (Å²) in [6, 6.07) is 8.66. The van der Waals surface area contributed by atoms with Crippen molar-refractivity contribution < 1.29 is 0 Å². The minimum Gasteiger partial charge on any atom is -0.325 e. The van der Waals surface area contributed by atoms with Gasteiger partial charge in [0, 0.05) is 18.1 Å². The third kappa shape index (κ3) is 2.22. The first kappa shape index (κ1) is 11.1. The first-order valence-electron chi connectivity index (χ1n) is 5.91. The maximum Gasteiger partial charge on any atom is 0.0617 e. The Labute approximate surface area is 96.5 Å². The molecule has 0 spiro atoms. The zero-order valence-electron chi connectivity index (χ0n) is 9.74. The van der Waals surface area contributed by atoms with Gasteiger partial charge < -0.3 is 5.73 Å². The molecule has 1 aromatic carbocycles. The molecule has 0 saturated heterocycles. The van der Waals surface area contributed by atoms with E-state index in [1.165, 1.54) is 29.2 Å². The van der Waals surface area contributed by atoms with Crippen LogP contribution in [-0.2, 0) is 13.0 Å². The van der Waals surface area contributed by atoms with Gasteiger partial charge in [0.2, 0.25) is 0 Å². The van der Waals surface area contributed by atoms with Crippen LogP contribution >= 0.6 is 0 Å². The van der Waals surface area contributed by atoms with Crippen LogP contribution in [-0.4, -0.2) is 4.98 Å². The number of pyridine rings is 1. The lowest BCUT2D eigenvalue weighted by Crippen LogP contribution is -2.00. The van der Waals surface area contributed by atoms with E-state index in [2.05, 4.69) is 36.2 Å². The first-order valence-corrected chi connectivity index (χ1v) is 5.91. The van der Waals surface area contributed by atoms with Gasteiger partial charge in [0.05, 0.1) is 5.69 Å². The summed E-state index contributed by atoms with van der Waals surface area (Å²) in [5.74, 6) is 0. The van der Waals surface area contributed by atoms with Crippen molar-refractivity contribution in [3.8, 4) is 0 Å². The second-order valence-electron chi connectivity index (χ2n) is 4.12. The van der Waals surface area contributed by atoms with Crippen LogP contribution < -0.4 is 5.73 Å². The van der Waals surface area contributed by atoms with E-state index in [4.69, 9.17) is 5.73 Å². The SMILES string of the molecule is CCCCc1ccc2c(CN)nccc2c1. The highest BCUT2D eigenvalue weighted by Crippen LogP contribution is 2.19. The second-order valence-corrected chi connectivity index (χ2v) is 4.12. The number of fused-ring (bicyclic) bond motifs is 1. The van der Waals surface area contributed by atoms with E-state index in [0.29, 0.717) is 6.54 Å². The molecule has 0 amide bonds. The summed E-state index contributed by atoms with van der Waals surface area (Å²) >= 11 is 0. The fourth-order valence-corrected chi connectivity index (χ4v) is 1.99. The van der Waals surface area contributed by atoms with E-state index in [1.807, 2.05) is 6.20 Å². The average molecular weight is 214 g/mol. The lowest BCUT2D eigenvalue weighted by atomic mass is 10.0. The maximum atomic E-state index is 5.67. The van der Waals surface area contributed by atoms with Crippen molar-refractivity contribution in [2.45, 2.75) is 32.7 Å². The van der Waals surface area contributed by atoms with E-state index < -0.39 is 0 Å². The Morgan fingerprint density at radius 3 is 2.88 bits per heavy atom. The molecule has 16 heavy (non-hydrogen) atoms. The highest BCUT2D eigenvalue weighted by Gasteiger charge is 2.01. The number of nitrogens with two attached hydrogens (primary N) is 1. The third-order valence-electron chi connectivity index (χ3n) is 2.92. The lowest BCUT2D eigenvalue weighted by Gasteiger charge is -2.05. The predicted molar refractivity (Wildman–Crippen MR) is 68.2 cm³/mol. The van der Waals surface area contributed by atoms with Crippen LogP contribution in [0.1, 0.15) is 31.0 Å². The molecule has 2 nitrogen and oxygen atoms in total. The van der Waals surface area contributed by atoms with Crippen LogP contribution in [0.25, 0.3) is 10.8 Å². The van der Waals surface area contributed by atoms with E-state index in [9.17, 15) is 0 Å². The second kappa shape index (κ2) is 5.08. The summed E-state index contributed by atoms with van der Waals surface area (Å²) < 4.78 is 0. The van der Waals surface area contributed by atoms with Gasteiger partial charge in [-0.1, -0.05) is 31.5 Å². The molecular weight excluding hydrogens is 196 g/mol. The van der Waals surface area contributed by atoms with Crippen molar-refractivity contribution in [3.63, 3.8) is 0 Å². The molecule has 0 atom stereocenters. The van der Waals surface area contributed by atoms with Gasteiger partial charge in [0.1, 0.15) is 0 Å². The summed E-state index contributed by atoms with van der Waals surface area (Å²) in [5.41, 5.74) is 8.06. The van der Waals surface area contributed by atoms with Crippen LogP contribution in [0.2, 0.25) is 0 Å². The van der Waals surface area contributed by atoms with Gasteiger partial charge in [-0.3, -0.25) is 4.98 Å². The van der Waals surface area contributed by atoms with Crippen molar-refractivity contribution in [1.29, 1.82) is 0 Å². The van der Waals surface area contributed by atoms with Gasteiger partial charge in [0.25, 0.3) is 0 Å². The van der Waals surface area contributed by atoms with Crippen molar-refractivity contribution in [1.82, 2.24) is 4.98 Å². The molecule has 84 valence electrons. The Morgan fingerprint density at radius 2 is 2.12 bits per heavy atom. The Morgan fingerprint density at radius 1 is 1.25 bits per heavy atom. The van der Waals surface area contributed by atoms with Crippen molar-refractivity contribution in [2.24, 2.45) is 5.73 Å². The van der Waals surface area contributed by atoms with Crippen molar-refractivity contribution in [3.05, 3.63) is 41.7 Å². The third-order valence-corrected chi connectivity index (χ3v) is 2.92. The molecule has 0 bridgehead atoms.